The van der Waals surface area contributed by atoms with Crippen molar-refractivity contribution in [2.75, 3.05) is 6.61 Å². The SMILES string of the molecule is CCOc1ncccc1CNC(=O)c1nn(CC(C)C)c(=O)c2ccccc12. The highest BCUT2D eigenvalue weighted by Crippen LogP contribution is 2.16. The topological polar surface area (TPSA) is 86.1 Å². The number of hydrogen-bond donors (Lipinski definition) is 1. The van der Waals surface area contributed by atoms with Gasteiger partial charge in [0, 0.05) is 30.2 Å². The molecule has 7 nitrogen and oxygen atoms in total. The minimum absolute atomic E-state index is 0.188. The number of nitrogens with one attached hydrogen (secondary N) is 1. The summed E-state index contributed by atoms with van der Waals surface area (Å²) in [6.45, 7) is 7.07. The fraction of sp³-hybridized carbons (Fsp3) is 0.333. The number of carbonyl (C=O) groups excluding carboxylic acids is 1. The summed E-state index contributed by atoms with van der Waals surface area (Å²) in [5.74, 6) is 0.374. The molecule has 146 valence electrons. The number of pyridine rings is 1. The first kappa shape index (κ1) is 19.5. The maximum Gasteiger partial charge on any atom is 0.274 e. The normalized spacial score (nSPS) is 11.0. The Hall–Kier alpha value is -3.22. The Kier molecular flexibility index (Phi) is 6.03. The van der Waals surface area contributed by atoms with Crippen molar-refractivity contribution in [1.82, 2.24) is 20.1 Å². The number of rotatable bonds is 7. The number of ether oxygens (including phenoxy) is 1. The Morgan fingerprint density at radius 3 is 2.64 bits per heavy atom. The van der Waals surface area contributed by atoms with E-state index in [0.717, 1.165) is 5.56 Å². The molecular formula is C21H24N4O3. The summed E-state index contributed by atoms with van der Waals surface area (Å²) in [7, 11) is 0. The number of hydrogen-bond acceptors (Lipinski definition) is 5. The smallest absolute Gasteiger partial charge is 0.274 e. The standard InChI is InChI=1S/C21H24N4O3/c1-4-28-20-15(8-7-11-22-20)12-23-19(26)18-16-9-5-6-10-17(16)21(27)25(24-18)13-14(2)3/h5-11,14H,4,12-13H2,1-3H3,(H,23,26). The van der Waals surface area contributed by atoms with Crippen LogP contribution in [0.4, 0.5) is 0 Å². The molecule has 2 heterocycles. The van der Waals surface area contributed by atoms with Gasteiger partial charge in [-0.2, -0.15) is 5.10 Å². The van der Waals surface area contributed by atoms with Crippen LogP contribution in [0, 0.1) is 5.92 Å². The molecule has 0 spiro atoms. The predicted molar refractivity (Wildman–Crippen MR) is 107 cm³/mol. The molecular weight excluding hydrogens is 356 g/mol. The fourth-order valence-electron chi connectivity index (χ4n) is 2.96. The molecule has 0 radical (unpaired) electrons. The molecule has 3 rings (SSSR count). The summed E-state index contributed by atoms with van der Waals surface area (Å²) in [5.41, 5.74) is 0.821. The maximum atomic E-state index is 12.9. The molecule has 1 aromatic carbocycles. The van der Waals surface area contributed by atoms with Crippen molar-refractivity contribution in [3.8, 4) is 5.88 Å². The number of amides is 1. The van der Waals surface area contributed by atoms with Crippen LogP contribution in [0.15, 0.2) is 47.4 Å². The van der Waals surface area contributed by atoms with Crippen LogP contribution in [0.5, 0.6) is 5.88 Å². The highest BCUT2D eigenvalue weighted by atomic mass is 16.5. The highest BCUT2D eigenvalue weighted by Gasteiger charge is 2.17. The molecule has 0 fully saturated rings. The molecule has 7 heteroatoms. The Labute approximate surface area is 163 Å². The molecule has 2 aromatic heterocycles. The van der Waals surface area contributed by atoms with Gasteiger partial charge in [-0.1, -0.05) is 38.1 Å². The first-order chi connectivity index (χ1) is 13.5. The van der Waals surface area contributed by atoms with Crippen molar-refractivity contribution < 1.29 is 9.53 Å². The molecule has 0 saturated carbocycles. The summed E-state index contributed by atoms with van der Waals surface area (Å²) in [6, 6.07) is 10.7. The number of aromatic nitrogens is 3. The Bertz CT molecular complexity index is 1040. The molecule has 1 amide bonds. The van der Waals surface area contributed by atoms with Gasteiger partial charge in [-0.15, -0.1) is 0 Å². The summed E-state index contributed by atoms with van der Waals surface area (Å²) >= 11 is 0. The van der Waals surface area contributed by atoms with Crippen LogP contribution < -0.4 is 15.6 Å². The minimum Gasteiger partial charge on any atom is -0.478 e. The van der Waals surface area contributed by atoms with Gasteiger partial charge in [0.1, 0.15) is 0 Å². The van der Waals surface area contributed by atoms with E-state index < -0.39 is 0 Å². The van der Waals surface area contributed by atoms with E-state index in [9.17, 15) is 9.59 Å². The van der Waals surface area contributed by atoms with Crippen LogP contribution in [0.25, 0.3) is 10.8 Å². The van der Waals surface area contributed by atoms with Crippen LogP contribution in [-0.2, 0) is 13.1 Å². The third kappa shape index (κ3) is 4.19. The van der Waals surface area contributed by atoms with Crippen LogP contribution in [0.3, 0.4) is 0 Å². The fourth-order valence-corrected chi connectivity index (χ4v) is 2.96. The van der Waals surface area contributed by atoms with Gasteiger partial charge in [0.05, 0.1) is 12.0 Å². The lowest BCUT2D eigenvalue weighted by Gasteiger charge is -2.13. The molecule has 0 aliphatic carbocycles. The minimum atomic E-state index is -0.347. The van der Waals surface area contributed by atoms with Gasteiger partial charge in [0.15, 0.2) is 5.69 Å². The van der Waals surface area contributed by atoms with E-state index >= 15 is 0 Å². The Balaban J connectivity index is 1.93. The van der Waals surface area contributed by atoms with Gasteiger partial charge in [-0.25, -0.2) is 9.67 Å². The van der Waals surface area contributed by atoms with E-state index in [2.05, 4.69) is 15.4 Å². The van der Waals surface area contributed by atoms with Gasteiger partial charge in [0.25, 0.3) is 11.5 Å². The van der Waals surface area contributed by atoms with Crippen molar-refractivity contribution in [3.05, 3.63) is 64.2 Å². The van der Waals surface area contributed by atoms with Crippen molar-refractivity contribution in [2.45, 2.75) is 33.9 Å². The zero-order valence-corrected chi connectivity index (χ0v) is 16.3. The van der Waals surface area contributed by atoms with Crippen LogP contribution in [-0.4, -0.2) is 27.3 Å². The van der Waals surface area contributed by atoms with Crippen molar-refractivity contribution in [2.24, 2.45) is 5.92 Å². The van der Waals surface area contributed by atoms with E-state index in [-0.39, 0.29) is 29.6 Å². The molecule has 0 aliphatic heterocycles. The van der Waals surface area contributed by atoms with E-state index in [1.165, 1.54) is 4.68 Å². The highest BCUT2D eigenvalue weighted by molar-refractivity contribution is 6.04. The largest absolute Gasteiger partial charge is 0.478 e. The van der Waals surface area contributed by atoms with Gasteiger partial charge < -0.3 is 10.1 Å². The zero-order valence-electron chi connectivity index (χ0n) is 16.3. The number of fused-ring (bicyclic) bond motifs is 1. The lowest BCUT2D eigenvalue weighted by atomic mass is 10.1. The lowest BCUT2D eigenvalue weighted by Crippen LogP contribution is -2.31. The van der Waals surface area contributed by atoms with Gasteiger partial charge in [-0.05, 0) is 25.0 Å². The van der Waals surface area contributed by atoms with E-state index in [0.29, 0.717) is 29.8 Å². The van der Waals surface area contributed by atoms with Gasteiger partial charge in [-0.3, -0.25) is 9.59 Å². The zero-order chi connectivity index (χ0) is 20.1. The predicted octanol–water partition coefficient (Wildman–Crippen LogP) is 2.78. The van der Waals surface area contributed by atoms with E-state index in [1.54, 1.807) is 36.5 Å². The molecule has 28 heavy (non-hydrogen) atoms. The van der Waals surface area contributed by atoms with E-state index in [1.807, 2.05) is 26.8 Å². The van der Waals surface area contributed by atoms with Crippen molar-refractivity contribution in [3.63, 3.8) is 0 Å². The average Bonchev–Trinajstić information content (AvgIpc) is 2.69. The first-order valence-corrected chi connectivity index (χ1v) is 9.36. The molecule has 1 N–H and O–H groups in total. The molecule has 0 atom stereocenters. The summed E-state index contributed by atoms with van der Waals surface area (Å²) < 4.78 is 6.87. The second-order valence-electron chi connectivity index (χ2n) is 6.86. The van der Waals surface area contributed by atoms with Crippen molar-refractivity contribution >= 4 is 16.7 Å². The quantitative estimate of drug-likeness (QED) is 0.681. The summed E-state index contributed by atoms with van der Waals surface area (Å²) in [5, 5.41) is 8.25. The van der Waals surface area contributed by atoms with Gasteiger partial charge in [0.2, 0.25) is 5.88 Å². The maximum absolute atomic E-state index is 12.9. The van der Waals surface area contributed by atoms with Crippen LogP contribution in [0.2, 0.25) is 0 Å². The molecule has 0 unspecified atom stereocenters. The van der Waals surface area contributed by atoms with Crippen LogP contribution in [0.1, 0.15) is 36.8 Å². The molecule has 0 aliphatic rings. The number of nitrogens with zero attached hydrogens (tertiary/aromatic N) is 3. The molecule has 0 bridgehead atoms. The third-order valence-corrected chi connectivity index (χ3v) is 4.19. The number of benzene rings is 1. The Morgan fingerprint density at radius 1 is 1.18 bits per heavy atom. The second-order valence-corrected chi connectivity index (χ2v) is 6.86. The monoisotopic (exact) mass is 380 g/mol. The van der Waals surface area contributed by atoms with Crippen LogP contribution >= 0.6 is 0 Å². The van der Waals surface area contributed by atoms with E-state index in [4.69, 9.17) is 4.74 Å². The third-order valence-electron chi connectivity index (χ3n) is 4.19. The first-order valence-electron chi connectivity index (χ1n) is 9.36. The summed E-state index contributed by atoms with van der Waals surface area (Å²) in [4.78, 5) is 29.8. The lowest BCUT2D eigenvalue weighted by molar-refractivity contribution is 0.0944. The van der Waals surface area contributed by atoms with Crippen molar-refractivity contribution in [1.29, 1.82) is 0 Å². The average molecular weight is 380 g/mol. The molecule has 3 aromatic rings. The Morgan fingerprint density at radius 2 is 1.93 bits per heavy atom. The number of carbonyl (C=O) groups is 1. The summed E-state index contributed by atoms with van der Waals surface area (Å²) in [6.07, 6.45) is 1.65. The van der Waals surface area contributed by atoms with Gasteiger partial charge >= 0.3 is 0 Å². The molecule has 0 saturated heterocycles. The second kappa shape index (κ2) is 8.65.